The van der Waals surface area contributed by atoms with Crippen LogP contribution in [-0.4, -0.2) is 4.98 Å². The van der Waals surface area contributed by atoms with E-state index in [1.54, 1.807) is 0 Å². The molecule has 5 nitrogen and oxygen atoms in total. The number of fused-ring (bicyclic) bond motifs is 9. The average Bonchev–Trinajstić information content (AvgIpc) is 4.03. The number of para-hydroxylation sites is 5. The normalized spacial score (nSPS) is 11.5. The maximum atomic E-state index is 6.97. The minimum absolute atomic E-state index is 0.559. The third-order valence-electron chi connectivity index (χ3n) is 13.0. The second kappa shape index (κ2) is 16.4. The highest BCUT2D eigenvalue weighted by molar-refractivity contribution is 6.24. The van der Waals surface area contributed by atoms with Crippen LogP contribution >= 0.6 is 0 Å². The number of aromatic nitrogens is 1. The first-order valence-corrected chi connectivity index (χ1v) is 22.9. The summed E-state index contributed by atoms with van der Waals surface area (Å²) in [6.07, 6.45) is 0. The van der Waals surface area contributed by atoms with Crippen LogP contribution in [0.3, 0.4) is 0 Å². The van der Waals surface area contributed by atoms with Gasteiger partial charge in [0.25, 0.3) is 0 Å². The maximum absolute atomic E-state index is 6.97. The number of hydrogen-bond donors (Lipinski definition) is 0. The molecule has 0 saturated carbocycles. The number of oxazole rings is 1. The molecule has 0 radical (unpaired) electrons. The van der Waals surface area contributed by atoms with E-state index in [1.165, 1.54) is 0 Å². The van der Waals surface area contributed by atoms with E-state index >= 15 is 0 Å². The van der Waals surface area contributed by atoms with Gasteiger partial charge in [-0.05, 0) is 142 Å². The lowest BCUT2D eigenvalue weighted by Gasteiger charge is -2.26. The van der Waals surface area contributed by atoms with E-state index in [1.807, 2.05) is 30.3 Å². The lowest BCUT2D eigenvalue weighted by molar-refractivity contribution is 0.623. The summed E-state index contributed by atoms with van der Waals surface area (Å²) in [5, 5.41) is 6.22. The van der Waals surface area contributed by atoms with Gasteiger partial charge >= 0.3 is 0 Å². The molecule has 2 aromatic heterocycles. The Bertz CT molecular complexity index is 3690. The molecule has 0 unspecified atom stereocenters. The maximum Gasteiger partial charge on any atom is 0.228 e. The molecule has 0 spiro atoms. The summed E-state index contributed by atoms with van der Waals surface area (Å²) in [4.78, 5) is 9.97. The molecule has 2 heterocycles. The van der Waals surface area contributed by atoms with Crippen LogP contribution in [0.5, 0.6) is 0 Å². The summed E-state index contributed by atoms with van der Waals surface area (Å²) in [6.45, 7) is 0. The first-order chi connectivity index (χ1) is 33.7. The monoisotopic (exact) mass is 871 g/mol. The van der Waals surface area contributed by atoms with E-state index in [0.29, 0.717) is 5.89 Å². The van der Waals surface area contributed by atoms with Gasteiger partial charge in [-0.1, -0.05) is 140 Å². The quantitative estimate of drug-likeness (QED) is 0.135. The van der Waals surface area contributed by atoms with Crippen molar-refractivity contribution in [2.24, 2.45) is 0 Å². The van der Waals surface area contributed by atoms with Crippen LogP contribution < -0.4 is 9.80 Å². The van der Waals surface area contributed by atoms with E-state index in [-0.39, 0.29) is 0 Å². The van der Waals surface area contributed by atoms with Gasteiger partial charge in [-0.2, -0.15) is 0 Å². The minimum Gasteiger partial charge on any atom is -0.456 e. The number of furan rings is 1. The predicted molar refractivity (Wildman–Crippen MR) is 282 cm³/mol. The van der Waals surface area contributed by atoms with Crippen molar-refractivity contribution in [2.45, 2.75) is 0 Å². The summed E-state index contributed by atoms with van der Waals surface area (Å²) in [6, 6.07) is 87.6. The van der Waals surface area contributed by atoms with Gasteiger partial charge in [0.05, 0.1) is 0 Å². The highest BCUT2D eigenvalue weighted by Crippen LogP contribution is 2.45. The predicted octanol–water partition coefficient (Wildman–Crippen LogP) is 18.0. The Morgan fingerprint density at radius 2 is 0.735 bits per heavy atom. The molecule has 0 N–H and O–H groups in total. The third kappa shape index (κ3) is 6.76. The van der Waals surface area contributed by atoms with Crippen molar-refractivity contribution < 1.29 is 8.83 Å². The van der Waals surface area contributed by atoms with Gasteiger partial charge < -0.3 is 18.6 Å². The first-order valence-electron chi connectivity index (χ1n) is 22.9. The summed E-state index contributed by atoms with van der Waals surface area (Å²) >= 11 is 0. The summed E-state index contributed by atoms with van der Waals surface area (Å²) in [5.74, 6) is 0.559. The standard InChI is InChI=1S/C63H41N3O2/c1-5-20-46(21-6-1)65(47-22-7-2-8-23-47)50-28-15-18-42(38-50)44-34-36-52-56(40-44)57-41-45(43-19-16-29-51(39-43)66(48-24-9-3-10-25-48)49-26-11-4-12-27-49)35-37-53(57)62-61(52)64-63(68-62)55-31-17-33-59-60(55)54-30-13-14-32-58(54)67-59/h1-41H. The smallest absolute Gasteiger partial charge is 0.228 e. The van der Waals surface area contributed by atoms with Gasteiger partial charge in [0.1, 0.15) is 16.7 Å². The lowest BCUT2D eigenvalue weighted by Crippen LogP contribution is -2.09. The van der Waals surface area contributed by atoms with Gasteiger partial charge in [0, 0.05) is 61.2 Å². The van der Waals surface area contributed by atoms with E-state index in [2.05, 4.69) is 228 Å². The number of rotatable bonds is 9. The Morgan fingerprint density at radius 3 is 1.29 bits per heavy atom. The third-order valence-corrected chi connectivity index (χ3v) is 13.0. The van der Waals surface area contributed by atoms with Crippen LogP contribution in [-0.2, 0) is 0 Å². The van der Waals surface area contributed by atoms with Crippen LogP contribution in [0.25, 0.3) is 88.3 Å². The van der Waals surface area contributed by atoms with Crippen molar-refractivity contribution in [3.05, 3.63) is 249 Å². The Kier molecular flexibility index (Phi) is 9.43. The fourth-order valence-corrected chi connectivity index (χ4v) is 9.90. The fourth-order valence-electron chi connectivity index (χ4n) is 9.90. The van der Waals surface area contributed by atoms with Crippen LogP contribution in [0.1, 0.15) is 0 Å². The van der Waals surface area contributed by atoms with E-state index < -0.39 is 0 Å². The Morgan fingerprint density at radius 1 is 0.294 bits per heavy atom. The molecule has 0 amide bonds. The number of benzene rings is 11. The molecule has 0 bridgehead atoms. The van der Waals surface area contributed by atoms with E-state index in [4.69, 9.17) is 13.8 Å². The van der Waals surface area contributed by atoms with Crippen molar-refractivity contribution in [1.82, 2.24) is 4.98 Å². The zero-order valence-electron chi connectivity index (χ0n) is 36.8. The molecule has 13 aromatic rings. The molecule has 0 aliphatic carbocycles. The van der Waals surface area contributed by atoms with E-state index in [9.17, 15) is 0 Å². The van der Waals surface area contributed by atoms with Crippen LogP contribution in [0.4, 0.5) is 34.1 Å². The SMILES string of the molecule is c1ccc(N(c2ccccc2)c2cccc(-c3ccc4c(c3)c3cc(-c5cccc(N(c6ccccc6)c6ccccc6)c5)ccc3c3oc(-c5cccc6oc7ccccc7c56)nc43)c2)cc1. The molecule has 0 atom stereocenters. The first kappa shape index (κ1) is 39.2. The van der Waals surface area contributed by atoms with Crippen molar-refractivity contribution in [3.8, 4) is 33.7 Å². The molecule has 5 heteroatoms. The Labute approximate surface area is 393 Å². The molecule has 0 saturated heterocycles. The fraction of sp³-hybridized carbons (Fsp3) is 0. The molecule has 0 aliphatic rings. The second-order valence-electron chi connectivity index (χ2n) is 17.1. The molecule has 320 valence electrons. The number of hydrogen-bond acceptors (Lipinski definition) is 5. The van der Waals surface area contributed by atoms with Gasteiger partial charge in [-0.3, -0.25) is 0 Å². The highest BCUT2D eigenvalue weighted by atomic mass is 16.3. The minimum atomic E-state index is 0.559. The van der Waals surface area contributed by atoms with Gasteiger partial charge in [0.2, 0.25) is 5.89 Å². The number of anilines is 6. The van der Waals surface area contributed by atoms with Gasteiger partial charge in [0.15, 0.2) is 5.58 Å². The average molecular weight is 872 g/mol. The molecule has 68 heavy (non-hydrogen) atoms. The van der Waals surface area contributed by atoms with Crippen LogP contribution in [0.2, 0.25) is 0 Å². The van der Waals surface area contributed by atoms with Crippen molar-refractivity contribution in [1.29, 1.82) is 0 Å². The van der Waals surface area contributed by atoms with Gasteiger partial charge in [-0.25, -0.2) is 4.98 Å². The van der Waals surface area contributed by atoms with Crippen molar-refractivity contribution >= 4 is 88.7 Å². The largest absolute Gasteiger partial charge is 0.456 e. The second-order valence-corrected chi connectivity index (χ2v) is 17.1. The molecule has 11 aromatic carbocycles. The zero-order chi connectivity index (χ0) is 45.0. The number of nitrogens with zero attached hydrogens (tertiary/aromatic N) is 3. The Hall–Kier alpha value is -9.19. The molecule has 13 rings (SSSR count). The lowest BCUT2D eigenvalue weighted by atomic mass is 9.93. The van der Waals surface area contributed by atoms with Crippen LogP contribution in [0, 0.1) is 0 Å². The van der Waals surface area contributed by atoms with Gasteiger partial charge in [-0.15, -0.1) is 0 Å². The zero-order valence-corrected chi connectivity index (χ0v) is 36.8. The summed E-state index contributed by atoms with van der Waals surface area (Å²) < 4.78 is 13.3. The van der Waals surface area contributed by atoms with E-state index in [0.717, 1.165) is 117 Å². The summed E-state index contributed by atoms with van der Waals surface area (Å²) in [7, 11) is 0. The Balaban J connectivity index is 1.01. The van der Waals surface area contributed by atoms with Crippen molar-refractivity contribution in [2.75, 3.05) is 9.80 Å². The molecular formula is C63H41N3O2. The highest BCUT2D eigenvalue weighted by Gasteiger charge is 2.22. The summed E-state index contributed by atoms with van der Waals surface area (Å²) in [5.41, 5.74) is 15.1. The van der Waals surface area contributed by atoms with Crippen molar-refractivity contribution in [3.63, 3.8) is 0 Å². The molecule has 0 aliphatic heterocycles. The van der Waals surface area contributed by atoms with Crippen LogP contribution in [0.15, 0.2) is 258 Å². The molecular weight excluding hydrogens is 831 g/mol. The molecule has 0 fully saturated rings. The topological polar surface area (TPSA) is 45.7 Å².